The van der Waals surface area contributed by atoms with Gasteiger partial charge in [0.25, 0.3) is 0 Å². The molecule has 0 fully saturated rings. The highest BCUT2D eigenvalue weighted by molar-refractivity contribution is 7.98. The zero-order chi connectivity index (χ0) is 19.5. The molecule has 1 atom stereocenters. The fourth-order valence-electron chi connectivity index (χ4n) is 2.55. The molecular formula is C20H39NO4S. The van der Waals surface area contributed by atoms with Crippen molar-refractivity contribution in [2.75, 3.05) is 25.2 Å². The van der Waals surface area contributed by atoms with Gasteiger partial charge in [-0.2, -0.15) is 11.8 Å². The van der Waals surface area contributed by atoms with Crippen LogP contribution in [-0.2, 0) is 14.3 Å². The highest BCUT2D eigenvalue weighted by atomic mass is 32.2. The second-order valence-electron chi connectivity index (χ2n) is 6.61. The normalized spacial score (nSPS) is 11.8. The smallest absolute Gasteiger partial charge is 0.407 e. The summed E-state index contributed by atoms with van der Waals surface area (Å²) in [6, 6.07) is -0.620. The molecule has 0 rings (SSSR count). The van der Waals surface area contributed by atoms with Gasteiger partial charge in [0.15, 0.2) is 0 Å². The minimum Gasteiger partial charge on any atom is -0.464 e. The Balaban J connectivity index is 3.86. The molecule has 26 heavy (non-hydrogen) atoms. The predicted molar refractivity (Wildman–Crippen MR) is 110 cm³/mol. The Kier molecular flexibility index (Phi) is 18.2. The molecule has 0 bridgehead atoms. The maximum absolute atomic E-state index is 12.2. The van der Waals surface area contributed by atoms with E-state index < -0.39 is 12.1 Å². The van der Waals surface area contributed by atoms with Crippen LogP contribution in [0.15, 0.2) is 0 Å². The van der Waals surface area contributed by atoms with Gasteiger partial charge in [-0.25, -0.2) is 9.59 Å². The second-order valence-corrected chi connectivity index (χ2v) is 7.60. The summed E-state index contributed by atoms with van der Waals surface area (Å²) < 4.78 is 10.3. The highest BCUT2D eigenvalue weighted by Crippen LogP contribution is 2.10. The molecule has 0 aromatic rings. The minimum absolute atomic E-state index is 0.355. The molecule has 5 nitrogen and oxygen atoms in total. The number of rotatable bonds is 17. The third kappa shape index (κ3) is 15.4. The van der Waals surface area contributed by atoms with E-state index in [-0.39, 0.29) is 5.97 Å². The largest absolute Gasteiger partial charge is 0.464 e. The summed E-state index contributed by atoms with van der Waals surface area (Å²) in [6.45, 7) is 4.94. The van der Waals surface area contributed by atoms with Gasteiger partial charge in [-0.3, -0.25) is 0 Å². The highest BCUT2D eigenvalue weighted by Gasteiger charge is 2.22. The van der Waals surface area contributed by atoms with Gasteiger partial charge in [-0.05, 0) is 31.3 Å². The fraction of sp³-hybridized carbons (Fsp3) is 0.900. The van der Waals surface area contributed by atoms with E-state index in [1.807, 2.05) is 13.2 Å². The first-order chi connectivity index (χ1) is 12.7. The van der Waals surface area contributed by atoms with E-state index in [0.29, 0.717) is 19.6 Å². The Labute approximate surface area is 164 Å². The molecule has 0 saturated carbocycles. The Bertz CT molecular complexity index is 353. The monoisotopic (exact) mass is 389 g/mol. The summed E-state index contributed by atoms with van der Waals surface area (Å²) in [5.74, 6) is 0.429. The minimum atomic E-state index is -0.620. The summed E-state index contributed by atoms with van der Waals surface area (Å²) >= 11 is 1.64. The van der Waals surface area contributed by atoms with Gasteiger partial charge in [0.05, 0.1) is 13.2 Å². The van der Waals surface area contributed by atoms with Crippen molar-refractivity contribution in [1.29, 1.82) is 0 Å². The lowest BCUT2D eigenvalue weighted by Gasteiger charge is -2.17. The number of hydrogen-bond acceptors (Lipinski definition) is 5. The van der Waals surface area contributed by atoms with E-state index in [0.717, 1.165) is 25.0 Å². The summed E-state index contributed by atoms with van der Waals surface area (Å²) in [5, 5.41) is 2.62. The average molecular weight is 390 g/mol. The van der Waals surface area contributed by atoms with E-state index in [4.69, 9.17) is 9.47 Å². The van der Waals surface area contributed by atoms with Crippen LogP contribution in [0.3, 0.4) is 0 Å². The van der Waals surface area contributed by atoms with Crippen LogP contribution in [0.25, 0.3) is 0 Å². The molecular weight excluding hydrogens is 350 g/mol. The van der Waals surface area contributed by atoms with Crippen LogP contribution in [0, 0.1) is 0 Å². The standard InChI is InChI=1S/C20H39NO4S/c1-4-6-7-8-9-10-11-12-13-16-24-19(22)18(14-17-26-3)21-20(23)25-15-5-2/h18H,4-17H2,1-3H3,(H,21,23). The molecule has 0 saturated heterocycles. The number of thioether (sulfide) groups is 1. The van der Waals surface area contributed by atoms with Crippen LogP contribution < -0.4 is 5.32 Å². The predicted octanol–water partition coefficient (Wildman–Crippen LogP) is 5.32. The molecule has 0 aromatic heterocycles. The van der Waals surface area contributed by atoms with Crippen molar-refractivity contribution in [2.45, 2.75) is 90.5 Å². The van der Waals surface area contributed by atoms with Crippen molar-refractivity contribution in [3.05, 3.63) is 0 Å². The van der Waals surface area contributed by atoms with Crippen LogP contribution in [0.2, 0.25) is 0 Å². The topological polar surface area (TPSA) is 64.6 Å². The molecule has 0 heterocycles. The Morgan fingerprint density at radius 2 is 1.46 bits per heavy atom. The molecule has 1 N–H and O–H groups in total. The molecule has 6 heteroatoms. The van der Waals surface area contributed by atoms with Crippen LogP contribution in [0.5, 0.6) is 0 Å². The molecule has 0 aliphatic rings. The molecule has 154 valence electrons. The molecule has 0 spiro atoms. The number of amides is 1. The molecule has 0 aromatic carbocycles. The molecule has 0 aliphatic heterocycles. The number of esters is 1. The summed E-state index contributed by atoms with van der Waals surface area (Å²) in [7, 11) is 0. The van der Waals surface area contributed by atoms with Crippen molar-refractivity contribution >= 4 is 23.8 Å². The van der Waals surface area contributed by atoms with Gasteiger partial charge >= 0.3 is 12.1 Å². The molecule has 0 radical (unpaired) electrons. The lowest BCUT2D eigenvalue weighted by Crippen LogP contribution is -2.42. The number of carbonyl (C=O) groups excluding carboxylic acids is 2. The maximum atomic E-state index is 12.2. The summed E-state index contributed by atoms with van der Waals surface area (Å²) in [5.41, 5.74) is 0. The lowest BCUT2D eigenvalue weighted by molar-refractivity contribution is -0.146. The van der Waals surface area contributed by atoms with Gasteiger partial charge in [0.2, 0.25) is 0 Å². The van der Waals surface area contributed by atoms with E-state index in [1.54, 1.807) is 11.8 Å². The third-order valence-electron chi connectivity index (χ3n) is 4.12. The van der Waals surface area contributed by atoms with Crippen molar-refractivity contribution in [3.8, 4) is 0 Å². The fourth-order valence-corrected chi connectivity index (χ4v) is 3.02. The average Bonchev–Trinajstić information content (AvgIpc) is 2.64. The molecule has 0 aliphatic carbocycles. The number of unbranched alkanes of at least 4 members (excludes halogenated alkanes) is 8. The first-order valence-electron chi connectivity index (χ1n) is 10.2. The van der Waals surface area contributed by atoms with E-state index >= 15 is 0 Å². The molecule has 1 unspecified atom stereocenters. The number of carbonyl (C=O) groups is 2. The van der Waals surface area contributed by atoms with E-state index in [9.17, 15) is 9.59 Å². The zero-order valence-electron chi connectivity index (χ0n) is 17.0. The Morgan fingerprint density at radius 3 is 2.04 bits per heavy atom. The molecule has 1 amide bonds. The maximum Gasteiger partial charge on any atom is 0.407 e. The number of ether oxygens (including phenoxy) is 2. The van der Waals surface area contributed by atoms with Crippen LogP contribution in [0.1, 0.15) is 84.5 Å². The number of nitrogens with one attached hydrogen (secondary N) is 1. The van der Waals surface area contributed by atoms with Gasteiger partial charge in [-0.1, -0.05) is 65.2 Å². The summed E-state index contributed by atoms with van der Waals surface area (Å²) in [6.07, 6.45) is 13.8. The van der Waals surface area contributed by atoms with E-state index in [1.165, 1.54) is 44.9 Å². The summed E-state index contributed by atoms with van der Waals surface area (Å²) in [4.78, 5) is 23.9. The first-order valence-corrected chi connectivity index (χ1v) is 11.6. The van der Waals surface area contributed by atoms with Gasteiger partial charge in [0, 0.05) is 0 Å². The zero-order valence-corrected chi connectivity index (χ0v) is 17.8. The quantitative estimate of drug-likeness (QED) is 0.269. The third-order valence-corrected chi connectivity index (χ3v) is 4.76. The van der Waals surface area contributed by atoms with Gasteiger partial charge < -0.3 is 14.8 Å². The van der Waals surface area contributed by atoms with Crippen molar-refractivity contribution in [2.24, 2.45) is 0 Å². The van der Waals surface area contributed by atoms with Gasteiger partial charge in [0.1, 0.15) is 6.04 Å². The SMILES string of the molecule is CCCCCCCCCCCOC(=O)C(CCSC)NC(=O)OCCC. The lowest BCUT2D eigenvalue weighted by atomic mass is 10.1. The van der Waals surface area contributed by atoms with Crippen LogP contribution >= 0.6 is 11.8 Å². The van der Waals surface area contributed by atoms with Crippen molar-refractivity contribution < 1.29 is 19.1 Å². The Hall–Kier alpha value is -0.910. The second kappa shape index (κ2) is 18.9. The van der Waals surface area contributed by atoms with Crippen molar-refractivity contribution in [3.63, 3.8) is 0 Å². The van der Waals surface area contributed by atoms with Crippen LogP contribution in [0.4, 0.5) is 4.79 Å². The van der Waals surface area contributed by atoms with Crippen molar-refractivity contribution in [1.82, 2.24) is 5.32 Å². The first kappa shape index (κ1) is 25.1. The van der Waals surface area contributed by atoms with Crippen LogP contribution in [-0.4, -0.2) is 43.3 Å². The number of hydrogen-bond donors (Lipinski definition) is 1. The van der Waals surface area contributed by atoms with E-state index in [2.05, 4.69) is 12.2 Å². The van der Waals surface area contributed by atoms with Gasteiger partial charge in [-0.15, -0.1) is 0 Å². The number of alkyl carbamates (subject to hydrolysis) is 1. The Morgan fingerprint density at radius 1 is 0.846 bits per heavy atom.